The van der Waals surface area contributed by atoms with E-state index in [-0.39, 0.29) is 64.4 Å². The van der Waals surface area contributed by atoms with Gasteiger partial charge in [0.2, 0.25) is 0 Å². The number of carbonyl (C=O) groups is 2. The summed E-state index contributed by atoms with van der Waals surface area (Å²) in [5.41, 5.74) is -0.562. The van der Waals surface area contributed by atoms with Gasteiger partial charge in [-0.3, -0.25) is 9.59 Å². The molecule has 0 radical (unpaired) electrons. The molecule has 2 bridgehead atoms. The van der Waals surface area contributed by atoms with E-state index >= 15 is 0 Å². The molecule has 1 N–H and O–H groups in total. The van der Waals surface area contributed by atoms with E-state index < -0.39 is 23.3 Å². The molecule has 0 spiro atoms. The van der Waals surface area contributed by atoms with E-state index in [4.69, 9.17) is 18.9 Å². The second-order valence-electron chi connectivity index (χ2n) is 14.8. The van der Waals surface area contributed by atoms with E-state index in [9.17, 15) is 14.7 Å². The first kappa shape index (κ1) is 28.6. The van der Waals surface area contributed by atoms with Crippen LogP contribution in [0.5, 0.6) is 0 Å². The third-order valence-electron chi connectivity index (χ3n) is 12.7. The fourth-order valence-electron chi connectivity index (χ4n) is 10.1. The predicted molar refractivity (Wildman–Crippen MR) is 149 cm³/mol. The Hall–Kier alpha value is -1.54. The van der Waals surface area contributed by atoms with E-state index in [1.54, 1.807) is 12.2 Å². The molecule has 0 amide bonds. The van der Waals surface area contributed by atoms with E-state index in [1.165, 1.54) is 6.92 Å². The van der Waals surface area contributed by atoms with Crippen molar-refractivity contribution in [1.82, 2.24) is 0 Å². The predicted octanol–water partition coefficient (Wildman–Crippen LogP) is 5.50. The minimum atomic E-state index is -1.04. The maximum Gasteiger partial charge on any atom is 0.302 e. The van der Waals surface area contributed by atoms with Gasteiger partial charge in [-0.2, -0.15) is 0 Å². The summed E-state index contributed by atoms with van der Waals surface area (Å²) in [6, 6.07) is 0. The fourth-order valence-corrected chi connectivity index (χ4v) is 10.1. The van der Waals surface area contributed by atoms with Crippen molar-refractivity contribution < 1.29 is 33.6 Å². The van der Waals surface area contributed by atoms with Crippen LogP contribution in [0, 0.1) is 40.4 Å². The Balaban J connectivity index is 1.36. The molecule has 3 saturated carbocycles. The van der Waals surface area contributed by atoms with Gasteiger partial charge in [0.25, 0.3) is 5.97 Å². The fraction of sp³-hybridized carbons (Fsp3) is 0.818. The summed E-state index contributed by atoms with van der Waals surface area (Å²) in [6.45, 7) is 16.7. The second kappa shape index (κ2) is 8.98. The molecule has 0 aromatic carbocycles. The number of allylic oxidation sites excluding steroid dienone is 3. The molecule has 12 atom stereocenters. The highest BCUT2D eigenvalue weighted by atomic mass is 16.9. The molecule has 7 nitrogen and oxygen atoms in total. The lowest BCUT2D eigenvalue weighted by molar-refractivity contribution is -0.396. The zero-order chi connectivity index (χ0) is 29.0. The van der Waals surface area contributed by atoms with Crippen molar-refractivity contribution >= 4 is 11.8 Å². The van der Waals surface area contributed by atoms with Gasteiger partial charge < -0.3 is 24.1 Å². The summed E-state index contributed by atoms with van der Waals surface area (Å²) in [7, 11) is 0. The van der Waals surface area contributed by atoms with Crippen molar-refractivity contribution in [2.75, 3.05) is 0 Å². The van der Waals surface area contributed by atoms with E-state index in [2.05, 4.69) is 47.6 Å². The molecule has 6 aliphatic rings. The number of hydrogen-bond donors (Lipinski definition) is 1. The van der Waals surface area contributed by atoms with Crippen LogP contribution in [-0.2, 0) is 28.5 Å². The number of esters is 1. The lowest BCUT2D eigenvalue weighted by atomic mass is 9.45. The number of ether oxygens (including phenoxy) is 4. The summed E-state index contributed by atoms with van der Waals surface area (Å²) in [5.74, 6) is -0.535. The number of rotatable bonds is 4. The van der Waals surface area contributed by atoms with Gasteiger partial charge in [-0.05, 0) is 88.2 Å². The lowest BCUT2D eigenvalue weighted by Gasteiger charge is -2.61. The third-order valence-corrected chi connectivity index (χ3v) is 12.7. The molecule has 2 aliphatic heterocycles. The Kier molecular flexibility index (Phi) is 6.42. The number of aliphatic hydroxyl groups excluding tert-OH is 1. The van der Waals surface area contributed by atoms with Gasteiger partial charge in [-0.25, -0.2) is 0 Å². The first-order chi connectivity index (χ1) is 18.6. The molecule has 40 heavy (non-hydrogen) atoms. The summed E-state index contributed by atoms with van der Waals surface area (Å²) in [5, 5.41) is 11.6. The highest BCUT2D eigenvalue weighted by Crippen LogP contribution is 2.68. The van der Waals surface area contributed by atoms with Crippen LogP contribution in [0.4, 0.5) is 0 Å². The van der Waals surface area contributed by atoms with Crippen molar-refractivity contribution in [1.29, 1.82) is 0 Å². The van der Waals surface area contributed by atoms with Crippen LogP contribution in [0.2, 0.25) is 0 Å². The molecule has 6 rings (SSSR count). The zero-order valence-electron chi connectivity index (χ0n) is 25.5. The van der Waals surface area contributed by atoms with Gasteiger partial charge in [-0.1, -0.05) is 39.3 Å². The van der Waals surface area contributed by atoms with Gasteiger partial charge in [0.05, 0.1) is 17.8 Å². The highest BCUT2D eigenvalue weighted by molar-refractivity contribution is 6.01. The van der Waals surface area contributed by atoms with Crippen molar-refractivity contribution in [3.8, 4) is 0 Å². The number of hydrogen-bond acceptors (Lipinski definition) is 7. The molecule has 222 valence electrons. The van der Waals surface area contributed by atoms with Crippen LogP contribution in [0.15, 0.2) is 23.8 Å². The molecule has 2 heterocycles. The normalized spacial score (nSPS) is 51.4. The van der Waals surface area contributed by atoms with Gasteiger partial charge in [0.1, 0.15) is 11.7 Å². The maximum atomic E-state index is 12.5. The molecule has 2 saturated heterocycles. The molecule has 0 aromatic heterocycles. The van der Waals surface area contributed by atoms with Crippen molar-refractivity contribution in [2.24, 2.45) is 40.4 Å². The summed E-state index contributed by atoms with van der Waals surface area (Å²) < 4.78 is 25.8. The first-order valence-corrected chi connectivity index (χ1v) is 15.5. The van der Waals surface area contributed by atoms with E-state index in [0.717, 1.165) is 24.8 Å². The SMILES string of the molecule is CC[C@@]12O[C@@H]([C@@H](C)[C@H]3CC[C@H]4[C@@H]5[C@H](O)CC6=CC(=O)C=C[C@]6(C)[C@H]5C[C@H](OC(C)=O)[C@]34C)C[C@@](C)(O1)C(C)(C)O2. The minimum Gasteiger partial charge on any atom is -0.462 e. The molecular formula is C33H48O7. The summed E-state index contributed by atoms with van der Waals surface area (Å²) >= 11 is 0. The smallest absolute Gasteiger partial charge is 0.302 e. The topological polar surface area (TPSA) is 91.3 Å². The Bertz CT molecular complexity index is 1150. The minimum absolute atomic E-state index is 0.0128. The molecule has 4 aliphatic carbocycles. The average Bonchev–Trinajstić information content (AvgIpc) is 3.28. The van der Waals surface area contributed by atoms with Crippen LogP contribution < -0.4 is 0 Å². The van der Waals surface area contributed by atoms with Crippen LogP contribution in [0.25, 0.3) is 0 Å². The van der Waals surface area contributed by atoms with E-state index in [0.29, 0.717) is 19.3 Å². The second-order valence-corrected chi connectivity index (χ2v) is 14.8. The van der Waals surface area contributed by atoms with Gasteiger partial charge in [-0.15, -0.1) is 0 Å². The van der Waals surface area contributed by atoms with Gasteiger partial charge in [0.15, 0.2) is 5.78 Å². The Morgan fingerprint density at radius 3 is 2.55 bits per heavy atom. The number of fused-ring (bicyclic) bond motifs is 7. The highest BCUT2D eigenvalue weighted by Gasteiger charge is 2.69. The standard InChI is InChI=1S/C33H48O7/c1-9-33-38-26(17-31(7,40-33)29(4,5)39-33)18(2)22-10-11-23-28-24(16-27(32(22,23)8)37-19(3)34)30(6)13-12-21(35)14-20(30)15-25(28)36/h12-14,18,22-28,36H,9-11,15-17H2,1-8H3/t18-,22+,23-,24-,25+,26+,27-,28-,30-,31+,32+,33-/m0/s1. The molecule has 0 aromatic rings. The number of aliphatic hydroxyl groups is 1. The average molecular weight is 557 g/mol. The summed E-state index contributed by atoms with van der Waals surface area (Å²) in [6.07, 6.45) is 9.08. The number of ketones is 1. The molecule has 5 fully saturated rings. The third kappa shape index (κ3) is 3.83. The van der Waals surface area contributed by atoms with Gasteiger partial charge in [0, 0.05) is 30.6 Å². The lowest BCUT2D eigenvalue weighted by Crippen LogP contribution is -2.61. The maximum absolute atomic E-state index is 12.5. The first-order valence-electron chi connectivity index (χ1n) is 15.5. The Morgan fingerprint density at radius 2 is 1.88 bits per heavy atom. The Labute approximate surface area is 239 Å². The van der Waals surface area contributed by atoms with Crippen molar-refractivity contribution in [3.63, 3.8) is 0 Å². The quantitative estimate of drug-likeness (QED) is 0.458. The largest absolute Gasteiger partial charge is 0.462 e. The zero-order valence-corrected chi connectivity index (χ0v) is 25.5. The van der Waals surface area contributed by atoms with E-state index in [1.807, 2.05) is 6.92 Å². The summed E-state index contributed by atoms with van der Waals surface area (Å²) in [4.78, 5) is 24.8. The molecule has 7 heteroatoms. The van der Waals surface area contributed by atoms with Crippen molar-refractivity contribution in [2.45, 2.75) is 129 Å². The van der Waals surface area contributed by atoms with Crippen LogP contribution >= 0.6 is 0 Å². The molecule has 0 unspecified atom stereocenters. The van der Waals surface area contributed by atoms with Crippen molar-refractivity contribution in [3.05, 3.63) is 23.8 Å². The van der Waals surface area contributed by atoms with Crippen LogP contribution in [0.1, 0.15) is 93.9 Å². The molecular weight excluding hydrogens is 508 g/mol. The van der Waals surface area contributed by atoms with Crippen LogP contribution in [-0.4, -0.2) is 52.3 Å². The number of carbonyl (C=O) groups excluding carboxylic acids is 2. The van der Waals surface area contributed by atoms with Gasteiger partial charge >= 0.3 is 5.97 Å². The monoisotopic (exact) mass is 556 g/mol. The van der Waals surface area contributed by atoms with Crippen LogP contribution in [0.3, 0.4) is 0 Å². The Morgan fingerprint density at radius 1 is 1.15 bits per heavy atom.